The van der Waals surface area contributed by atoms with Crippen LogP contribution in [-0.2, 0) is 4.79 Å². The second-order valence-corrected chi connectivity index (χ2v) is 5.45. The topological polar surface area (TPSA) is 72.2 Å². The van der Waals surface area contributed by atoms with Crippen molar-refractivity contribution in [2.24, 2.45) is 5.73 Å². The number of carbonyl (C=O) groups is 2. The van der Waals surface area contributed by atoms with Gasteiger partial charge in [-0.15, -0.1) is 0 Å². The molecule has 4 nitrogen and oxygen atoms in total. The molecule has 0 heterocycles. The highest BCUT2D eigenvalue weighted by Gasteiger charge is 2.22. The number of ketones is 1. The van der Waals surface area contributed by atoms with E-state index in [1.54, 1.807) is 50.2 Å². The molecule has 0 atom stereocenters. The van der Waals surface area contributed by atoms with Gasteiger partial charge < -0.3 is 11.1 Å². The van der Waals surface area contributed by atoms with Gasteiger partial charge in [-0.2, -0.15) is 0 Å². The van der Waals surface area contributed by atoms with Gasteiger partial charge in [0.25, 0.3) is 0 Å². The standard InChI is InChI=1S/C17H18N2O2/c1-17(2,18)16(21)19-14-10-6-9-13(11-14)15(20)12-7-4-3-5-8-12/h3-11H,18H2,1-2H3,(H,19,21). The van der Waals surface area contributed by atoms with Crippen LogP contribution in [0.1, 0.15) is 29.8 Å². The highest BCUT2D eigenvalue weighted by Crippen LogP contribution is 2.16. The predicted molar refractivity (Wildman–Crippen MR) is 83.2 cm³/mol. The molecule has 0 bridgehead atoms. The lowest BCUT2D eigenvalue weighted by Crippen LogP contribution is -2.45. The number of carbonyl (C=O) groups excluding carboxylic acids is 2. The molecule has 0 saturated heterocycles. The van der Waals surface area contributed by atoms with Gasteiger partial charge in [0.1, 0.15) is 0 Å². The summed E-state index contributed by atoms with van der Waals surface area (Å²) in [5, 5.41) is 2.71. The highest BCUT2D eigenvalue weighted by atomic mass is 16.2. The maximum atomic E-state index is 12.3. The van der Waals surface area contributed by atoms with Crippen LogP contribution in [0.15, 0.2) is 54.6 Å². The summed E-state index contributed by atoms with van der Waals surface area (Å²) in [5.41, 5.74) is 6.45. The SMILES string of the molecule is CC(C)(N)C(=O)Nc1cccc(C(=O)c2ccccc2)c1. The van der Waals surface area contributed by atoms with Crippen molar-refractivity contribution in [1.82, 2.24) is 0 Å². The molecule has 2 rings (SSSR count). The fourth-order valence-electron chi connectivity index (χ4n) is 1.79. The Morgan fingerprint density at radius 1 is 0.952 bits per heavy atom. The van der Waals surface area contributed by atoms with Crippen LogP contribution in [0.25, 0.3) is 0 Å². The Morgan fingerprint density at radius 3 is 2.19 bits per heavy atom. The largest absolute Gasteiger partial charge is 0.324 e. The number of nitrogens with one attached hydrogen (secondary N) is 1. The first-order chi connectivity index (χ1) is 9.88. The predicted octanol–water partition coefficient (Wildman–Crippen LogP) is 2.59. The number of hydrogen-bond donors (Lipinski definition) is 2. The molecular weight excluding hydrogens is 264 g/mol. The molecule has 1 amide bonds. The van der Waals surface area contributed by atoms with Gasteiger partial charge in [0.2, 0.25) is 5.91 Å². The Morgan fingerprint density at radius 2 is 1.57 bits per heavy atom. The van der Waals surface area contributed by atoms with Crippen LogP contribution in [0, 0.1) is 0 Å². The van der Waals surface area contributed by atoms with E-state index >= 15 is 0 Å². The van der Waals surface area contributed by atoms with Gasteiger partial charge in [0, 0.05) is 16.8 Å². The first-order valence-electron chi connectivity index (χ1n) is 6.68. The van der Waals surface area contributed by atoms with Crippen LogP contribution >= 0.6 is 0 Å². The number of hydrogen-bond acceptors (Lipinski definition) is 3. The molecule has 3 N–H and O–H groups in total. The van der Waals surface area contributed by atoms with Gasteiger partial charge in [0.15, 0.2) is 5.78 Å². The molecule has 0 aliphatic carbocycles. The minimum Gasteiger partial charge on any atom is -0.324 e. The molecule has 0 fully saturated rings. The molecule has 0 aromatic heterocycles. The van der Waals surface area contributed by atoms with Crippen LogP contribution in [0.5, 0.6) is 0 Å². The Kier molecular flexibility index (Phi) is 4.19. The van der Waals surface area contributed by atoms with E-state index in [0.717, 1.165) is 0 Å². The van der Waals surface area contributed by atoms with E-state index in [2.05, 4.69) is 5.32 Å². The van der Waals surface area contributed by atoms with Crippen molar-refractivity contribution in [2.45, 2.75) is 19.4 Å². The lowest BCUT2D eigenvalue weighted by Gasteiger charge is -2.18. The van der Waals surface area contributed by atoms with Crippen molar-refractivity contribution >= 4 is 17.4 Å². The van der Waals surface area contributed by atoms with E-state index < -0.39 is 5.54 Å². The summed E-state index contributed by atoms with van der Waals surface area (Å²) in [6, 6.07) is 15.8. The van der Waals surface area contributed by atoms with E-state index in [1.807, 2.05) is 18.2 Å². The van der Waals surface area contributed by atoms with Crippen molar-refractivity contribution < 1.29 is 9.59 Å². The third-order valence-electron chi connectivity index (χ3n) is 3.00. The summed E-state index contributed by atoms with van der Waals surface area (Å²) in [4.78, 5) is 24.2. The molecule has 0 saturated carbocycles. The quantitative estimate of drug-likeness (QED) is 0.847. The molecule has 0 radical (unpaired) electrons. The fourth-order valence-corrected chi connectivity index (χ4v) is 1.79. The lowest BCUT2D eigenvalue weighted by atomic mass is 10.0. The third-order valence-corrected chi connectivity index (χ3v) is 3.00. The minimum absolute atomic E-state index is 0.0845. The van der Waals surface area contributed by atoms with Crippen molar-refractivity contribution in [1.29, 1.82) is 0 Å². The summed E-state index contributed by atoms with van der Waals surface area (Å²) in [7, 11) is 0. The molecule has 2 aromatic rings. The second kappa shape index (κ2) is 5.89. The number of benzene rings is 2. The third kappa shape index (κ3) is 3.77. The van der Waals surface area contributed by atoms with E-state index in [9.17, 15) is 9.59 Å². The number of rotatable bonds is 4. The van der Waals surface area contributed by atoms with E-state index in [1.165, 1.54) is 0 Å². The van der Waals surface area contributed by atoms with Crippen LogP contribution in [0.4, 0.5) is 5.69 Å². The zero-order valence-electron chi connectivity index (χ0n) is 12.1. The maximum absolute atomic E-state index is 12.3. The Balaban J connectivity index is 2.22. The molecule has 0 aliphatic heterocycles. The summed E-state index contributed by atoms with van der Waals surface area (Å²) < 4.78 is 0. The molecule has 108 valence electrons. The van der Waals surface area contributed by atoms with E-state index in [4.69, 9.17) is 5.73 Å². The van der Waals surface area contributed by atoms with Gasteiger partial charge in [-0.3, -0.25) is 9.59 Å². The van der Waals surface area contributed by atoms with Gasteiger partial charge in [0.05, 0.1) is 5.54 Å². The molecule has 0 unspecified atom stereocenters. The highest BCUT2D eigenvalue weighted by molar-refractivity contribution is 6.09. The van der Waals surface area contributed by atoms with Crippen molar-refractivity contribution in [3.63, 3.8) is 0 Å². The zero-order valence-corrected chi connectivity index (χ0v) is 12.1. The Labute approximate surface area is 124 Å². The first kappa shape index (κ1) is 14.9. The number of anilines is 1. The average molecular weight is 282 g/mol. The molecule has 0 aliphatic rings. The van der Waals surface area contributed by atoms with Crippen LogP contribution in [0.3, 0.4) is 0 Å². The first-order valence-corrected chi connectivity index (χ1v) is 6.68. The van der Waals surface area contributed by atoms with Crippen LogP contribution < -0.4 is 11.1 Å². The number of nitrogens with two attached hydrogens (primary N) is 1. The Hall–Kier alpha value is -2.46. The average Bonchev–Trinajstić information content (AvgIpc) is 2.46. The lowest BCUT2D eigenvalue weighted by molar-refractivity contribution is -0.120. The monoisotopic (exact) mass is 282 g/mol. The summed E-state index contributed by atoms with van der Waals surface area (Å²) >= 11 is 0. The van der Waals surface area contributed by atoms with Crippen molar-refractivity contribution in [2.75, 3.05) is 5.32 Å². The summed E-state index contributed by atoms with van der Waals surface area (Å²) in [5.74, 6) is -0.384. The molecule has 2 aromatic carbocycles. The molecular formula is C17H18N2O2. The van der Waals surface area contributed by atoms with Gasteiger partial charge in [-0.25, -0.2) is 0 Å². The van der Waals surface area contributed by atoms with Gasteiger partial charge in [-0.05, 0) is 26.0 Å². The van der Waals surface area contributed by atoms with Crippen LogP contribution in [0.2, 0.25) is 0 Å². The Bertz CT molecular complexity index is 658. The van der Waals surface area contributed by atoms with E-state index in [-0.39, 0.29) is 11.7 Å². The summed E-state index contributed by atoms with van der Waals surface area (Å²) in [6.07, 6.45) is 0. The van der Waals surface area contributed by atoms with Crippen molar-refractivity contribution in [3.05, 3.63) is 65.7 Å². The maximum Gasteiger partial charge on any atom is 0.243 e. The normalized spacial score (nSPS) is 11.0. The minimum atomic E-state index is -0.973. The molecule has 21 heavy (non-hydrogen) atoms. The zero-order chi connectivity index (χ0) is 15.5. The van der Waals surface area contributed by atoms with E-state index in [0.29, 0.717) is 16.8 Å². The van der Waals surface area contributed by atoms with Gasteiger partial charge in [-0.1, -0.05) is 42.5 Å². The second-order valence-electron chi connectivity index (χ2n) is 5.45. The molecule has 0 spiro atoms. The smallest absolute Gasteiger partial charge is 0.243 e. The van der Waals surface area contributed by atoms with Gasteiger partial charge >= 0.3 is 0 Å². The summed E-state index contributed by atoms with van der Waals surface area (Å²) in [6.45, 7) is 3.25. The number of amides is 1. The van der Waals surface area contributed by atoms with Crippen LogP contribution in [-0.4, -0.2) is 17.2 Å². The van der Waals surface area contributed by atoms with Crippen molar-refractivity contribution in [3.8, 4) is 0 Å². The fraction of sp³-hybridized carbons (Fsp3) is 0.176. The molecule has 4 heteroatoms.